The van der Waals surface area contributed by atoms with E-state index in [9.17, 15) is 14.9 Å². The molecule has 22 heavy (non-hydrogen) atoms. The van der Waals surface area contributed by atoms with Crippen LogP contribution in [0.4, 0.5) is 10.5 Å². The molecule has 0 aromatic heterocycles. The van der Waals surface area contributed by atoms with Gasteiger partial charge in [0.05, 0.1) is 17.6 Å². The first kappa shape index (κ1) is 16.1. The average molecular weight is 308 g/mol. The van der Waals surface area contributed by atoms with E-state index >= 15 is 0 Å². The lowest BCUT2D eigenvalue weighted by Crippen LogP contribution is -2.39. The third-order valence-electron chi connectivity index (χ3n) is 3.42. The van der Waals surface area contributed by atoms with Gasteiger partial charge in [-0.15, -0.1) is 0 Å². The van der Waals surface area contributed by atoms with Gasteiger partial charge in [0.2, 0.25) is 0 Å². The van der Waals surface area contributed by atoms with E-state index in [0.717, 1.165) is 12.8 Å². The lowest BCUT2D eigenvalue weighted by atomic mass is 10.0. The predicted octanol–water partition coefficient (Wildman–Crippen LogP) is 3.12. The summed E-state index contributed by atoms with van der Waals surface area (Å²) in [6, 6.07) is 4.73. The van der Waals surface area contributed by atoms with E-state index in [2.05, 4.69) is 5.32 Å². The Morgan fingerprint density at radius 2 is 2.00 bits per heavy atom. The highest BCUT2D eigenvalue weighted by Crippen LogP contribution is 2.47. The molecule has 7 heteroatoms. The molecule has 0 heterocycles. The molecule has 1 saturated carbocycles. The monoisotopic (exact) mass is 308 g/mol. The number of hydrogen-bond acceptors (Lipinski definition) is 5. The number of nitro groups is 1. The van der Waals surface area contributed by atoms with Crippen molar-refractivity contribution in [3.05, 3.63) is 33.9 Å². The van der Waals surface area contributed by atoms with Gasteiger partial charge in [0.1, 0.15) is 5.60 Å². The van der Waals surface area contributed by atoms with Crippen LogP contribution in [-0.4, -0.2) is 23.7 Å². The number of nitrogens with one attached hydrogen (secondary N) is 1. The van der Waals surface area contributed by atoms with Crippen LogP contribution in [0.3, 0.4) is 0 Å². The standard InChI is InChI=1S/C15H20N2O5/c1-14(2,3)22-13(18)16-15(7-8-15)10-5-6-12(21-4)11(9-10)17(19)20/h5-6,9H,7-8H2,1-4H3,(H,16,18). The first-order valence-electron chi connectivity index (χ1n) is 7.01. The summed E-state index contributed by atoms with van der Waals surface area (Å²) in [7, 11) is 1.38. The molecule has 0 radical (unpaired) electrons. The second-order valence-corrected chi connectivity index (χ2v) is 6.35. The highest BCUT2D eigenvalue weighted by molar-refractivity contribution is 5.70. The van der Waals surface area contributed by atoms with E-state index in [1.807, 2.05) is 0 Å². The Hall–Kier alpha value is -2.31. The minimum atomic E-state index is -0.591. The van der Waals surface area contributed by atoms with Crippen molar-refractivity contribution in [3.8, 4) is 5.75 Å². The van der Waals surface area contributed by atoms with Crippen molar-refractivity contribution in [2.45, 2.75) is 44.8 Å². The summed E-state index contributed by atoms with van der Waals surface area (Å²) in [5.41, 5.74) is -0.603. The van der Waals surface area contributed by atoms with E-state index in [1.54, 1.807) is 32.9 Å². The summed E-state index contributed by atoms with van der Waals surface area (Å²) in [5.74, 6) is 0.196. The van der Waals surface area contributed by atoms with Crippen LogP contribution in [0.25, 0.3) is 0 Å². The Morgan fingerprint density at radius 3 is 2.45 bits per heavy atom. The van der Waals surface area contributed by atoms with E-state index in [4.69, 9.17) is 9.47 Å². The molecule has 1 aliphatic rings. The molecule has 1 amide bonds. The largest absolute Gasteiger partial charge is 0.490 e. The highest BCUT2D eigenvalue weighted by Gasteiger charge is 2.47. The number of methoxy groups -OCH3 is 1. The Morgan fingerprint density at radius 1 is 1.36 bits per heavy atom. The molecule has 0 atom stereocenters. The quantitative estimate of drug-likeness (QED) is 0.681. The van der Waals surface area contributed by atoms with Crippen molar-refractivity contribution < 1.29 is 19.2 Å². The molecule has 1 fully saturated rings. The number of rotatable bonds is 4. The van der Waals surface area contributed by atoms with Gasteiger partial charge in [-0.2, -0.15) is 0 Å². The third kappa shape index (κ3) is 3.47. The molecule has 0 bridgehead atoms. The zero-order valence-corrected chi connectivity index (χ0v) is 13.1. The van der Waals surface area contributed by atoms with Crippen LogP contribution in [0.2, 0.25) is 0 Å². The summed E-state index contributed by atoms with van der Waals surface area (Å²) in [4.78, 5) is 22.5. The molecule has 1 aromatic carbocycles. The molecule has 0 saturated heterocycles. The molecule has 0 spiro atoms. The van der Waals surface area contributed by atoms with E-state index in [0.29, 0.717) is 5.56 Å². The normalized spacial score (nSPS) is 15.8. The molecule has 0 aliphatic heterocycles. The lowest BCUT2D eigenvalue weighted by Gasteiger charge is -2.23. The maximum Gasteiger partial charge on any atom is 0.408 e. The number of benzene rings is 1. The van der Waals surface area contributed by atoms with Crippen LogP contribution in [-0.2, 0) is 10.3 Å². The van der Waals surface area contributed by atoms with Gasteiger partial charge in [0.25, 0.3) is 0 Å². The minimum absolute atomic E-state index is 0.114. The van der Waals surface area contributed by atoms with Gasteiger partial charge < -0.3 is 14.8 Å². The zero-order chi connectivity index (χ0) is 16.5. The van der Waals surface area contributed by atoms with Crippen LogP contribution in [0.15, 0.2) is 18.2 Å². The summed E-state index contributed by atoms with van der Waals surface area (Å²) in [5, 5.41) is 13.9. The fraction of sp³-hybridized carbons (Fsp3) is 0.533. The molecule has 2 rings (SSSR count). The molecule has 1 aromatic rings. The third-order valence-corrected chi connectivity index (χ3v) is 3.42. The van der Waals surface area contributed by atoms with Gasteiger partial charge in [0, 0.05) is 6.07 Å². The highest BCUT2D eigenvalue weighted by atomic mass is 16.6. The Balaban J connectivity index is 2.22. The van der Waals surface area contributed by atoms with Gasteiger partial charge >= 0.3 is 11.8 Å². The zero-order valence-electron chi connectivity index (χ0n) is 13.1. The number of alkyl carbamates (subject to hydrolysis) is 1. The van der Waals surface area contributed by atoms with E-state index < -0.39 is 22.2 Å². The van der Waals surface area contributed by atoms with Crippen LogP contribution in [0, 0.1) is 10.1 Å². The molecular weight excluding hydrogens is 288 g/mol. The van der Waals surface area contributed by atoms with Crippen molar-refractivity contribution >= 4 is 11.8 Å². The minimum Gasteiger partial charge on any atom is -0.490 e. The summed E-state index contributed by atoms with van der Waals surface area (Å²) >= 11 is 0. The summed E-state index contributed by atoms with van der Waals surface area (Å²) in [6.07, 6.45) is 0.911. The van der Waals surface area contributed by atoms with Crippen molar-refractivity contribution in [1.29, 1.82) is 0 Å². The van der Waals surface area contributed by atoms with Crippen LogP contribution in [0.5, 0.6) is 5.75 Å². The number of carbonyl (C=O) groups excluding carboxylic acids is 1. The van der Waals surface area contributed by atoms with Crippen LogP contribution < -0.4 is 10.1 Å². The van der Waals surface area contributed by atoms with Gasteiger partial charge in [-0.25, -0.2) is 4.79 Å². The van der Waals surface area contributed by atoms with Gasteiger partial charge in [-0.3, -0.25) is 10.1 Å². The van der Waals surface area contributed by atoms with Crippen LogP contribution >= 0.6 is 0 Å². The van der Waals surface area contributed by atoms with Gasteiger partial charge in [-0.05, 0) is 45.2 Å². The number of nitro benzene ring substituents is 1. The maximum absolute atomic E-state index is 11.9. The summed E-state index contributed by atoms with van der Waals surface area (Å²) < 4.78 is 10.2. The van der Waals surface area contributed by atoms with Crippen LogP contribution in [0.1, 0.15) is 39.2 Å². The smallest absolute Gasteiger partial charge is 0.408 e. The molecule has 1 N–H and O–H groups in total. The van der Waals surface area contributed by atoms with Crippen molar-refractivity contribution in [2.75, 3.05) is 7.11 Å². The molecule has 7 nitrogen and oxygen atoms in total. The fourth-order valence-electron chi connectivity index (χ4n) is 2.24. The summed E-state index contributed by atoms with van der Waals surface area (Å²) in [6.45, 7) is 5.35. The van der Waals surface area contributed by atoms with Gasteiger partial charge in [0.15, 0.2) is 5.75 Å². The maximum atomic E-state index is 11.9. The topological polar surface area (TPSA) is 90.7 Å². The second kappa shape index (κ2) is 5.47. The second-order valence-electron chi connectivity index (χ2n) is 6.35. The first-order chi connectivity index (χ1) is 10.2. The Labute approximate surface area is 128 Å². The fourth-order valence-corrected chi connectivity index (χ4v) is 2.24. The van der Waals surface area contributed by atoms with E-state index in [1.165, 1.54) is 13.2 Å². The number of nitrogens with zero attached hydrogens (tertiary/aromatic N) is 1. The Kier molecular flexibility index (Phi) is 4.00. The van der Waals surface area contributed by atoms with Crippen molar-refractivity contribution in [2.24, 2.45) is 0 Å². The molecular formula is C15H20N2O5. The van der Waals surface area contributed by atoms with Gasteiger partial charge in [-0.1, -0.05) is 6.07 Å². The average Bonchev–Trinajstić information content (AvgIpc) is 3.16. The SMILES string of the molecule is COc1ccc(C2(NC(=O)OC(C)(C)C)CC2)cc1[N+](=O)[O-]. The number of ether oxygens (including phenoxy) is 2. The molecule has 120 valence electrons. The molecule has 0 unspecified atom stereocenters. The Bertz CT molecular complexity index is 602. The van der Waals surface area contributed by atoms with E-state index in [-0.39, 0.29) is 11.4 Å². The number of amides is 1. The lowest BCUT2D eigenvalue weighted by molar-refractivity contribution is -0.385. The van der Waals surface area contributed by atoms with Crippen molar-refractivity contribution in [1.82, 2.24) is 5.32 Å². The van der Waals surface area contributed by atoms with Crippen molar-refractivity contribution in [3.63, 3.8) is 0 Å². The predicted molar refractivity (Wildman–Crippen MR) is 79.9 cm³/mol. The number of hydrogen-bond donors (Lipinski definition) is 1. The first-order valence-corrected chi connectivity index (χ1v) is 7.01. The molecule has 1 aliphatic carbocycles. The number of carbonyl (C=O) groups is 1.